The molecule has 0 radical (unpaired) electrons. The summed E-state index contributed by atoms with van der Waals surface area (Å²) in [5.41, 5.74) is 0. The van der Waals surface area contributed by atoms with Gasteiger partial charge in [0.1, 0.15) is 6.10 Å². The van der Waals surface area contributed by atoms with Crippen molar-refractivity contribution in [2.24, 2.45) is 0 Å². The molecule has 46 valence electrons. The van der Waals surface area contributed by atoms with Crippen LogP contribution in [0.15, 0.2) is 0 Å². The molecule has 0 aliphatic heterocycles. The van der Waals surface area contributed by atoms with Crippen molar-refractivity contribution in [2.45, 2.75) is 26.1 Å². The van der Waals surface area contributed by atoms with Crippen LogP contribution in [0, 0.1) is 11.5 Å². The van der Waals surface area contributed by atoms with Gasteiger partial charge in [-0.1, -0.05) is 0 Å². The summed E-state index contributed by atoms with van der Waals surface area (Å²) < 4.78 is 4.36. The molecule has 0 aromatic carbocycles. The van der Waals surface area contributed by atoms with Crippen molar-refractivity contribution in [3.8, 4) is 6.26 Å². The second kappa shape index (κ2) is 3.28. The molecule has 0 spiro atoms. The lowest BCUT2D eigenvalue weighted by atomic mass is 10.3. The highest BCUT2D eigenvalue weighted by Gasteiger charge is 2.07. The van der Waals surface area contributed by atoms with Crippen LogP contribution in [0.5, 0.6) is 0 Å². The molecule has 0 saturated carbocycles. The maximum Gasteiger partial charge on any atom is 0.286 e. The summed E-state index contributed by atoms with van der Waals surface area (Å²) in [6.07, 6.45) is 0.526. The average molecular weight is 115 g/mol. The van der Waals surface area contributed by atoms with Gasteiger partial charge in [0.15, 0.2) is 0 Å². The van der Waals surface area contributed by atoms with Gasteiger partial charge in [0.05, 0.1) is 6.10 Å². The van der Waals surface area contributed by atoms with Crippen LogP contribution in [-0.4, -0.2) is 17.3 Å². The highest BCUT2D eigenvalue weighted by Crippen LogP contribution is 1.94. The van der Waals surface area contributed by atoms with Crippen LogP contribution in [-0.2, 0) is 4.74 Å². The molecular formula is C5H9NO2. The molecular weight excluding hydrogens is 106 g/mol. The van der Waals surface area contributed by atoms with Crippen molar-refractivity contribution in [1.29, 1.82) is 5.26 Å². The van der Waals surface area contributed by atoms with E-state index in [9.17, 15) is 0 Å². The van der Waals surface area contributed by atoms with Gasteiger partial charge in [0.25, 0.3) is 6.26 Å². The van der Waals surface area contributed by atoms with Gasteiger partial charge in [-0.05, 0) is 13.8 Å². The Morgan fingerprint density at radius 2 is 2.12 bits per heavy atom. The van der Waals surface area contributed by atoms with Crippen molar-refractivity contribution in [3.05, 3.63) is 0 Å². The molecule has 0 aliphatic rings. The fourth-order valence-corrected chi connectivity index (χ4v) is 0.182. The first-order chi connectivity index (χ1) is 3.68. The monoisotopic (exact) mass is 115 g/mol. The van der Waals surface area contributed by atoms with E-state index >= 15 is 0 Å². The number of aliphatic hydroxyl groups is 1. The van der Waals surface area contributed by atoms with E-state index in [2.05, 4.69) is 4.74 Å². The predicted molar refractivity (Wildman–Crippen MR) is 27.8 cm³/mol. The number of hydrogen-bond acceptors (Lipinski definition) is 3. The van der Waals surface area contributed by atoms with E-state index in [4.69, 9.17) is 10.4 Å². The lowest BCUT2D eigenvalue weighted by molar-refractivity contribution is 0.0402. The first-order valence-electron chi connectivity index (χ1n) is 2.41. The van der Waals surface area contributed by atoms with E-state index in [0.717, 1.165) is 0 Å². The van der Waals surface area contributed by atoms with E-state index in [0.29, 0.717) is 0 Å². The Morgan fingerprint density at radius 1 is 1.62 bits per heavy atom. The molecule has 8 heavy (non-hydrogen) atoms. The number of nitrogens with zero attached hydrogens (tertiary/aromatic N) is 1. The standard InChI is InChI=1S/C5H9NO2/c1-4(7)5(2)8-3-6/h4-5,7H,1-2H3. The molecule has 0 aromatic rings. The lowest BCUT2D eigenvalue weighted by Gasteiger charge is -2.09. The minimum Gasteiger partial charge on any atom is -0.422 e. The third-order valence-corrected chi connectivity index (χ3v) is 0.918. The Balaban J connectivity index is 3.35. The van der Waals surface area contributed by atoms with Crippen LogP contribution in [0.25, 0.3) is 0 Å². The zero-order valence-corrected chi connectivity index (χ0v) is 4.96. The largest absolute Gasteiger partial charge is 0.422 e. The molecule has 2 atom stereocenters. The molecule has 0 bridgehead atoms. The molecule has 2 unspecified atom stereocenters. The third kappa shape index (κ3) is 2.43. The van der Waals surface area contributed by atoms with Gasteiger partial charge in [-0.2, -0.15) is 5.26 Å². The van der Waals surface area contributed by atoms with Crippen molar-refractivity contribution in [2.75, 3.05) is 0 Å². The lowest BCUT2D eigenvalue weighted by Crippen LogP contribution is -2.20. The average Bonchev–Trinajstić information content (AvgIpc) is 1.67. The normalized spacial score (nSPS) is 16.2. The van der Waals surface area contributed by atoms with Crippen molar-refractivity contribution in [1.82, 2.24) is 0 Å². The minimum absolute atomic E-state index is 0.389. The van der Waals surface area contributed by atoms with Gasteiger partial charge >= 0.3 is 0 Å². The Hall–Kier alpha value is -0.750. The highest BCUT2D eigenvalue weighted by atomic mass is 16.5. The van der Waals surface area contributed by atoms with Gasteiger partial charge < -0.3 is 9.84 Å². The molecule has 0 amide bonds. The SMILES string of the molecule is CC(O)C(C)OC#N. The summed E-state index contributed by atoms with van der Waals surface area (Å²) in [7, 11) is 0. The maximum atomic E-state index is 8.68. The number of rotatable bonds is 2. The third-order valence-electron chi connectivity index (χ3n) is 0.918. The highest BCUT2D eigenvalue weighted by molar-refractivity contribution is 4.62. The summed E-state index contributed by atoms with van der Waals surface area (Å²) in [5, 5.41) is 16.6. The summed E-state index contributed by atoms with van der Waals surface area (Å²) in [5.74, 6) is 0. The second-order valence-electron chi connectivity index (χ2n) is 1.65. The number of ether oxygens (including phenoxy) is 1. The first-order valence-corrected chi connectivity index (χ1v) is 2.41. The molecule has 0 fully saturated rings. The molecule has 0 rings (SSSR count). The van der Waals surface area contributed by atoms with Crippen molar-refractivity contribution in [3.63, 3.8) is 0 Å². The molecule has 0 heterocycles. The van der Waals surface area contributed by atoms with Gasteiger partial charge in [-0.25, -0.2) is 0 Å². The zero-order chi connectivity index (χ0) is 6.57. The summed E-state index contributed by atoms with van der Waals surface area (Å²) in [6.45, 7) is 3.20. The number of hydrogen-bond donors (Lipinski definition) is 1. The van der Waals surface area contributed by atoms with E-state index in [1.54, 1.807) is 13.8 Å². The van der Waals surface area contributed by atoms with Crippen LogP contribution in [0.1, 0.15) is 13.8 Å². The van der Waals surface area contributed by atoms with E-state index in [1.807, 2.05) is 0 Å². The van der Waals surface area contributed by atoms with Crippen LogP contribution < -0.4 is 0 Å². The topological polar surface area (TPSA) is 53.2 Å². The Labute approximate surface area is 48.5 Å². The van der Waals surface area contributed by atoms with Gasteiger partial charge in [-0.3, -0.25) is 0 Å². The van der Waals surface area contributed by atoms with E-state index in [-0.39, 0.29) is 6.10 Å². The Kier molecular flexibility index (Phi) is 2.97. The molecule has 3 heteroatoms. The fraction of sp³-hybridized carbons (Fsp3) is 0.800. The molecule has 0 aliphatic carbocycles. The van der Waals surface area contributed by atoms with Crippen LogP contribution in [0.3, 0.4) is 0 Å². The molecule has 1 N–H and O–H groups in total. The van der Waals surface area contributed by atoms with Crippen LogP contribution in [0.2, 0.25) is 0 Å². The smallest absolute Gasteiger partial charge is 0.286 e. The van der Waals surface area contributed by atoms with E-state index < -0.39 is 6.10 Å². The molecule has 0 saturated heterocycles. The van der Waals surface area contributed by atoms with Crippen molar-refractivity contribution >= 4 is 0 Å². The number of aliphatic hydroxyl groups excluding tert-OH is 1. The fourth-order valence-electron chi connectivity index (χ4n) is 0.182. The number of nitriles is 1. The Bertz CT molecular complexity index is 95.1. The van der Waals surface area contributed by atoms with Crippen molar-refractivity contribution < 1.29 is 9.84 Å². The minimum atomic E-state index is -0.574. The predicted octanol–water partition coefficient (Wildman–Crippen LogP) is 0.253. The van der Waals surface area contributed by atoms with Gasteiger partial charge in [0, 0.05) is 0 Å². The maximum absolute atomic E-state index is 8.68. The quantitative estimate of drug-likeness (QED) is 0.525. The van der Waals surface area contributed by atoms with Crippen LogP contribution in [0.4, 0.5) is 0 Å². The Morgan fingerprint density at radius 3 is 2.25 bits per heavy atom. The summed E-state index contributed by atoms with van der Waals surface area (Å²) in [6, 6.07) is 0. The summed E-state index contributed by atoms with van der Waals surface area (Å²) in [4.78, 5) is 0. The first kappa shape index (κ1) is 7.25. The zero-order valence-electron chi connectivity index (χ0n) is 4.96. The summed E-state index contributed by atoms with van der Waals surface area (Å²) >= 11 is 0. The molecule has 3 nitrogen and oxygen atoms in total. The van der Waals surface area contributed by atoms with Crippen LogP contribution >= 0.6 is 0 Å². The van der Waals surface area contributed by atoms with E-state index in [1.165, 1.54) is 6.26 Å². The molecule has 0 aromatic heterocycles. The van der Waals surface area contributed by atoms with Gasteiger partial charge in [-0.15, -0.1) is 0 Å². The van der Waals surface area contributed by atoms with Gasteiger partial charge in [0.2, 0.25) is 0 Å². The second-order valence-corrected chi connectivity index (χ2v) is 1.65.